The van der Waals surface area contributed by atoms with Crippen LogP contribution >= 0.6 is 0 Å². The van der Waals surface area contributed by atoms with Crippen molar-refractivity contribution in [2.24, 2.45) is 16.5 Å². The second-order valence-electron chi connectivity index (χ2n) is 11.2. The second-order valence-corrected chi connectivity index (χ2v) is 11.2. The van der Waals surface area contributed by atoms with Crippen LogP contribution in [-0.2, 0) is 23.9 Å². The number of guanidine groups is 1. The molecule has 5 atom stereocenters. The fraction of sp³-hybridized carbons (Fsp3) is 0.800. The molecule has 0 aromatic carbocycles. The van der Waals surface area contributed by atoms with Crippen molar-refractivity contribution in [2.45, 2.75) is 140 Å². The molecular weight excluding hydrogens is 617 g/mol. The molecule has 0 bridgehead atoms. The Hall–Kier alpha value is -3.11. The normalized spacial score (nSPS) is 19.0. The van der Waals surface area contributed by atoms with Crippen LogP contribution in [0.1, 0.15) is 104 Å². The summed E-state index contributed by atoms with van der Waals surface area (Å²) in [6, 6.07) is -1.98. The van der Waals surface area contributed by atoms with Crippen molar-refractivity contribution < 1.29 is 57.5 Å². The second kappa shape index (κ2) is 24.1. The zero-order valence-corrected chi connectivity index (χ0v) is 26.8. The first-order valence-electron chi connectivity index (χ1n) is 15.8. The van der Waals surface area contributed by atoms with Crippen molar-refractivity contribution in [3.05, 3.63) is 11.8 Å². The number of aliphatic carboxylic acids is 1. The largest absolute Gasteiger partial charge is 0.490 e. The SMILES string of the molecule is CCCCCCCCCCCCCCCCOC(=O)C1=CC(N=C(N)N)C(NC(C)=O)[C@H](C(O)C(O)CO)O1.O=C(O)C(F)(F)F. The number of carbonyl (C=O) groups excluding carboxylic acids is 2. The number of nitrogens with two attached hydrogens (primary N) is 2. The van der Waals surface area contributed by atoms with E-state index in [0.717, 1.165) is 19.3 Å². The third kappa shape index (κ3) is 19.4. The van der Waals surface area contributed by atoms with Crippen molar-refractivity contribution in [1.82, 2.24) is 5.32 Å². The quantitative estimate of drug-likeness (QED) is 0.0407. The minimum Gasteiger partial charge on any atom is -0.478 e. The molecule has 0 saturated heterocycles. The summed E-state index contributed by atoms with van der Waals surface area (Å²) in [6.45, 7) is 2.93. The lowest BCUT2D eigenvalue weighted by atomic mass is 9.92. The number of esters is 1. The molecule has 1 aliphatic heterocycles. The Morgan fingerprint density at radius 2 is 1.41 bits per heavy atom. The van der Waals surface area contributed by atoms with Gasteiger partial charge in [0.05, 0.1) is 25.3 Å². The lowest BCUT2D eigenvalue weighted by Gasteiger charge is -2.38. The standard InChI is InChI=1S/C28H52N4O7.C2HF3O2/c1-3-4-5-6-7-8-9-10-11-12-13-14-15-16-17-38-27(37)23-18-21(32-28(29)30)24(31-20(2)34)26(39-23)25(36)22(35)19-33;3-2(4,5)1(6)7/h18,21-22,24-26,33,35-36H,3-17,19H2,1-2H3,(H,31,34)(H4,29,30,32);(H,6,7)/t21?,22?,24?,25?,26-;/m1./s1. The van der Waals surface area contributed by atoms with Gasteiger partial charge in [-0.15, -0.1) is 0 Å². The van der Waals surface area contributed by atoms with Crippen LogP contribution in [0.2, 0.25) is 0 Å². The maximum Gasteiger partial charge on any atom is 0.490 e. The molecule has 4 unspecified atom stereocenters. The van der Waals surface area contributed by atoms with E-state index in [-0.39, 0.29) is 18.3 Å². The fourth-order valence-corrected chi connectivity index (χ4v) is 4.66. The van der Waals surface area contributed by atoms with Gasteiger partial charge in [-0.3, -0.25) is 4.79 Å². The molecule has 16 heteroatoms. The number of halogens is 3. The summed E-state index contributed by atoms with van der Waals surface area (Å²) < 4.78 is 42.7. The minimum atomic E-state index is -5.08. The van der Waals surface area contributed by atoms with Crippen LogP contribution in [0.25, 0.3) is 0 Å². The van der Waals surface area contributed by atoms with Crippen molar-refractivity contribution in [3.63, 3.8) is 0 Å². The third-order valence-corrected chi connectivity index (χ3v) is 7.07. The summed E-state index contributed by atoms with van der Waals surface area (Å²) in [5, 5.41) is 39.4. The molecule has 0 aromatic heterocycles. The smallest absolute Gasteiger partial charge is 0.478 e. The van der Waals surface area contributed by atoms with E-state index in [1.54, 1.807) is 0 Å². The van der Waals surface area contributed by atoms with Crippen LogP contribution in [0.4, 0.5) is 13.2 Å². The highest BCUT2D eigenvalue weighted by molar-refractivity contribution is 5.87. The first-order chi connectivity index (χ1) is 21.6. The van der Waals surface area contributed by atoms with Crippen molar-refractivity contribution in [1.29, 1.82) is 0 Å². The highest BCUT2D eigenvalue weighted by Gasteiger charge is 2.44. The molecule has 1 rings (SSSR count). The number of hydrogen-bond donors (Lipinski definition) is 7. The van der Waals surface area contributed by atoms with Gasteiger partial charge in [-0.1, -0.05) is 90.4 Å². The number of aliphatic hydroxyl groups is 3. The summed E-state index contributed by atoms with van der Waals surface area (Å²) in [4.78, 5) is 37.4. The third-order valence-electron chi connectivity index (χ3n) is 7.07. The summed E-state index contributed by atoms with van der Waals surface area (Å²) in [5.74, 6) is -4.54. The first kappa shape index (κ1) is 42.9. The topological polar surface area (TPSA) is 227 Å². The Labute approximate surface area is 268 Å². The number of carboxylic acids is 1. The molecular formula is C30H53F3N4O9. The maximum absolute atomic E-state index is 12.7. The summed E-state index contributed by atoms with van der Waals surface area (Å²) in [7, 11) is 0. The van der Waals surface area contributed by atoms with Crippen molar-refractivity contribution in [3.8, 4) is 0 Å². The van der Waals surface area contributed by atoms with E-state index in [1.165, 1.54) is 77.2 Å². The summed E-state index contributed by atoms with van der Waals surface area (Å²) in [5.41, 5.74) is 11.0. The van der Waals surface area contributed by atoms with Gasteiger partial charge < -0.3 is 46.7 Å². The Kier molecular flexibility index (Phi) is 22.5. The Balaban J connectivity index is 0.00000258. The minimum absolute atomic E-state index is 0.201. The monoisotopic (exact) mass is 670 g/mol. The maximum atomic E-state index is 12.7. The van der Waals surface area contributed by atoms with E-state index in [0.29, 0.717) is 6.42 Å². The Bertz CT molecular complexity index is 947. The molecule has 1 amide bonds. The lowest BCUT2D eigenvalue weighted by molar-refractivity contribution is -0.192. The number of nitrogens with one attached hydrogen (secondary N) is 1. The number of hydrogen-bond acceptors (Lipinski definition) is 9. The first-order valence-corrected chi connectivity index (χ1v) is 15.8. The molecule has 0 aromatic rings. The van der Waals surface area contributed by atoms with Crippen LogP contribution in [0.5, 0.6) is 0 Å². The van der Waals surface area contributed by atoms with Crippen molar-refractivity contribution >= 4 is 23.8 Å². The molecule has 0 fully saturated rings. The van der Waals surface area contributed by atoms with E-state index in [2.05, 4.69) is 17.2 Å². The van der Waals surface area contributed by atoms with Gasteiger partial charge in [0.15, 0.2) is 5.96 Å². The number of ether oxygens (including phenoxy) is 2. The zero-order chi connectivity index (χ0) is 35.1. The van der Waals surface area contributed by atoms with Gasteiger partial charge in [0.25, 0.3) is 0 Å². The Morgan fingerprint density at radius 1 is 0.957 bits per heavy atom. The number of carboxylic acid groups (broad SMARTS) is 1. The van der Waals surface area contributed by atoms with Gasteiger partial charge in [0, 0.05) is 6.92 Å². The van der Waals surface area contributed by atoms with Gasteiger partial charge >= 0.3 is 18.1 Å². The number of aliphatic imine (C=N–C) groups is 1. The van der Waals surface area contributed by atoms with Gasteiger partial charge in [-0.25, -0.2) is 14.6 Å². The van der Waals surface area contributed by atoms with Crippen LogP contribution in [-0.4, -0.2) is 94.0 Å². The van der Waals surface area contributed by atoms with Crippen LogP contribution in [0, 0.1) is 0 Å². The number of carbonyl (C=O) groups is 3. The molecule has 46 heavy (non-hydrogen) atoms. The highest BCUT2D eigenvalue weighted by atomic mass is 19.4. The van der Waals surface area contributed by atoms with E-state index >= 15 is 0 Å². The lowest BCUT2D eigenvalue weighted by Crippen LogP contribution is -2.59. The predicted octanol–water partition coefficient (Wildman–Crippen LogP) is 2.79. The molecule has 0 aliphatic carbocycles. The average molecular weight is 671 g/mol. The summed E-state index contributed by atoms with van der Waals surface area (Å²) in [6.07, 6.45) is 8.76. The van der Waals surface area contributed by atoms with E-state index in [4.69, 9.17) is 30.8 Å². The average Bonchev–Trinajstić information content (AvgIpc) is 2.98. The van der Waals surface area contributed by atoms with Gasteiger partial charge in [0.1, 0.15) is 18.3 Å². The predicted molar refractivity (Wildman–Crippen MR) is 164 cm³/mol. The molecule has 0 saturated carbocycles. The molecule has 0 spiro atoms. The molecule has 0 radical (unpaired) electrons. The number of rotatable bonds is 21. The Morgan fingerprint density at radius 3 is 1.80 bits per heavy atom. The van der Waals surface area contributed by atoms with E-state index in [9.17, 15) is 38.1 Å². The number of unbranched alkanes of at least 4 members (excludes halogenated alkanes) is 13. The van der Waals surface area contributed by atoms with Crippen LogP contribution in [0.15, 0.2) is 16.8 Å². The van der Waals surface area contributed by atoms with Gasteiger partial charge in [-0.05, 0) is 12.5 Å². The van der Waals surface area contributed by atoms with Crippen LogP contribution < -0.4 is 16.8 Å². The van der Waals surface area contributed by atoms with Crippen molar-refractivity contribution in [2.75, 3.05) is 13.2 Å². The van der Waals surface area contributed by atoms with E-state index in [1.807, 2.05) is 0 Å². The molecule has 268 valence electrons. The number of amides is 1. The molecule has 13 nitrogen and oxygen atoms in total. The summed E-state index contributed by atoms with van der Waals surface area (Å²) >= 11 is 0. The van der Waals surface area contributed by atoms with Gasteiger partial charge in [-0.2, -0.15) is 13.2 Å². The molecule has 1 heterocycles. The number of nitrogens with zero attached hydrogens (tertiary/aromatic N) is 1. The zero-order valence-electron chi connectivity index (χ0n) is 26.8. The number of alkyl halides is 3. The van der Waals surface area contributed by atoms with Crippen LogP contribution in [0.3, 0.4) is 0 Å². The molecule has 1 aliphatic rings. The number of aliphatic hydroxyl groups excluding tert-OH is 3. The highest BCUT2D eigenvalue weighted by Crippen LogP contribution is 2.25. The fourth-order valence-electron chi connectivity index (χ4n) is 4.66. The van der Waals surface area contributed by atoms with Gasteiger partial charge in [0.2, 0.25) is 11.7 Å². The molecule has 9 N–H and O–H groups in total. The van der Waals surface area contributed by atoms with E-state index < -0.39 is 61.0 Å².